The molecule has 0 aliphatic carbocycles. The topological polar surface area (TPSA) is 41.9 Å². The van der Waals surface area contributed by atoms with Crippen LogP contribution in [0.1, 0.15) is 5.56 Å². The van der Waals surface area contributed by atoms with Crippen LogP contribution in [-0.2, 0) is 13.6 Å². The second kappa shape index (κ2) is 6.23. The molecule has 0 saturated carbocycles. The summed E-state index contributed by atoms with van der Waals surface area (Å²) in [7, 11) is 1.87. The third kappa shape index (κ3) is 4.09. The molecule has 2 N–H and O–H groups in total. The zero-order valence-corrected chi connectivity index (χ0v) is 12.5. The molecule has 0 spiro atoms. The van der Waals surface area contributed by atoms with Crippen molar-refractivity contribution in [3.05, 3.63) is 46.2 Å². The van der Waals surface area contributed by atoms with Crippen LogP contribution in [-0.4, -0.2) is 14.9 Å². The van der Waals surface area contributed by atoms with Crippen LogP contribution in [0.3, 0.4) is 0 Å². The number of benzene rings is 1. The lowest BCUT2D eigenvalue weighted by molar-refractivity contribution is 0.766. The van der Waals surface area contributed by atoms with E-state index in [1.807, 2.05) is 13.2 Å². The fraction of sp³-hybridized carbons (Fsp3) is 0.167. The summed E-state index contributed by atoms with van der Waals surface area (Å²) in [5, 5.41) is 11.8. The Hall–Kier alpha value is -1.30. The van der Waals surface area contributed by atoms with Gasteiger partial charge in [-0.2, -0.15) is 5.10 Å². The highest BCUT2D eigenvalue weighted by molar-refractivity contribution is 7.80. The molecule has 0 unspecified atom stereocenters. The molecule has 0 aliphatic heterocycles. The Morgan fingerprint density at radius 3 is 2.84 bits per heavy atom. The first-order valence-electron chi connectivity index (χ1n) is 5.52. The predicted molar refractivity (Wildman–Crippen MR) is 82.7 cm³/mol. The molecular weight excluding hydrogens is 303 g/mol. The summed E-state index contributed by atoms with van der Waals surface area (Å²) in [6.45, 7) is 0.602. The molecule has 0 bridgehead atoms. The van der Waals surface area contributed by atoms with Crippen LogP contribution < -0.4 is 10.6 Å². The van der Waals surface area contributed by atoms with Gasteiger partial charge < -0.3 is 10.6 Å². The summed E-state index contributed by atoms with van der Waals surface area (Å²) in [4.78, 5) is 0. The van der Waals surface area contributed by atoms with Crippen molar-refractivity contribution >= 4 is 46.2 Å². The van der Waals surface area contributed by atoms with Crippen LogP contribution >= 0.6 is 35.4 Å². The van der Waals surface area contributed by atoms with Gasteiger partial charge in [-0.15, -0.1) is 0 Å². The fourth-order valence-electron chi connectivity index (χ4n) is 1.50. The Morgan fingerprint density at radius 1 is 1.42 bits per heavy atom. The van der Waals surface area contributed by atoms with Crippen molar-refractivity contribution in [2.75, 3.05) is 5.32 Å². The number of halogens is 2. The van der Waals surface area contributed by atoms with E-state index in [4.69, 9.17) is 35.4 Å². The Bertz CT molecular complexity index is 597. The standard InChI is InChI=1S/C12H12Cl2N4S/c1-18-7-8(6-16-18)5-15-12(19)17-11-3-2-9(13)4-10(11)14/h2-4,6-7H,5H2,1H3,(H2,15,17,19). The van der Waals surface area contributed by atoms with Crippen LogP contribution in [0.5, 0.6) is 0 Å². The number of rotatable bonds is 3. The van der Waals surface area contributed by atoms with E-state index in [1.54, 1.807) is 29.1 Å². The minimum absolute atomic E-state index is 0.494. The molecule has 0 saturated heterocycles. The highest BCUT2D eigenvalue weighted by Gasteiger charge is 2.04. The maximum absolute atomic E-state index is 6.05. The van der Waals surface area contributed by atoms with E-state index in [-0.39, 0.29) is 0 Å². The van der Waals surface area contributed by atoms with Crippen molar-refractivity contribution in [1.82, 2.24) is 15.1 Å². The Balaban J connectivity index is 1.90. The van der Waals surface area contributed by atoms with E-state index in [0.29, 0.717) is 21.7 Å². The minimum Gasteiger partial charge on any atom is -0.358 e. The molecule has 0 radical (unpaired) electrons. The highest BCUT2D eigenvalue weighted by atomic mass is 35.5. The van der Waals surface area contributed by atoms with E-state index in [0.717, 1.165) is 11.3 Å². The highest BCUT2D eigenvalue weighted by Crippen LogP contribution is 2.25. The van der Waals surface area contributed by atoms with Gasteiger partial charge in [-0.25, -0.2) is 0 Å². The maximum atomic E-state index is 6.05. The SMILES string of the molecule is Cn1cc(CNC(=S)Nc2ccc(Cl)cc2Cl)cn1. The van der Waals surface area contributed by atoms with Gasteiger partial charge in [0, 0.05) is 30.4 Å². The summed E-state index contributed by atoms with van der Waals surface area (Å²) in [6.07, 6.45) is 3.70. The van der Waals surface area contributed by atoms with Gasteiger partial charge in [0.05, 0.1) is 16.9 Å². The van der Waals surface area contributed by atoms with Crippen LogP contribution in [0.4, 0.5) is 5.69 Å². The number of anilines is 1. The zero-order valence-electron chi connectivity index (χ0n) is 10.2. The molecule has 1 heterocycles. The van der Waals surface area contributed by atoms with Gasteiger partial charge in [0.15, 0.2) is 5.11 Å². The number of nitrogens with one attached hydrogen (secondary N) is 2. The van der Waals surface area contributed by atoms with Crippen molar-refractivity contribution in [2.45, 2.75) is 6.54 Å². The normalized spacial score (nSPS) is 10.3. The van der Waals surface area contributed by atoms with Gasteiger partial charge in [-0.1, -0.05) is 23.2 Å². The van der Waals surface area contributed by atoms with Crippen molar-refractivity contribution in [1.29, 1.82) is 0 Å². The summed E-state index contributed by atoms with van der Waals surface area (Å²) in [6, 6.07) is 5.19. The first-order chi connectivity index (χ1) is 9.04. The van der Waals surface area contributed by atoms with Gasteiger partial charge in [0.25, 0.3) is 0 Å². The van der Waals surface area contributed by atoms with Crippen LogP contribution in [0.25, 0.3) is 0 Å². The molecule has 2 aromatic rings. The number of hydrogen-bond acceptors (Lipinski definition) is 2. The molecule has 19 heavy (non-hydrogen) atoms. The number of nitrogens with zero attached hydrogens (tertiary/aromatic N) is 2. The number of aromatic nitrogens is 2. The lowest BCUT2D eigenvalue weighted by atomic mass is 10.3. The van der Waals surface area contributed by atoms with Crippen molar-refractivity contribution in [2.24, 2.45) is 7.05 Å². The number of aryl methyl sites for hydroxylation is 1. The van der Waals surface area contributed by atoms with E-state index in [9.17, 15) is 0 Å². The molecule has 0 amide bonds. The van der Waals surface area contributed by atoms with Gasteiger partial charge in [-0.3, -0.25) is 4.68 Å². The second-order valence-corrected chi connectivity index (χ2v) is 5.21. The van der Waals surface area contributed by atoms with Crippen LogP contribution in [0, 0.1) is 0 Å². The molecule has 2 rings (SSSR count). The molecule has 7 heteroatoms. The first-order valence-corrected chi connectivity index (χ1v) is 6.68. The maximum Gasteiger partial charge on any atom is 0.171 e. The molecule has 0 aliphatic rings. The quantitative estimate of drug-likeness (QED) is 0.854. The van der Waals surface area contributed by atoms with Crippen LogP contribution in [0.2, 0.25) is 10.0 Å². The molecule has 0 atom stereocenters. The fourth-order valence-corrected chi connectivity index (χ4v) is 2.14. The zero-order chi connectivity index (χ0) is 13.8. The van der Waals surface area contributed by atoms with Gasteiger partial charge in [0.2, 0.25) is 0 Å². The van der Waals surface area contributed by atoms with Crippen molar-refractivity contribution < 1.29 is 0 Å². The van der Waals surface area contributed by atoms with Crippen molar-refractivity contribution in [3.8, 4) is 0 Å². The Kier molecular flexibility index (Phi) is 4.63. The van der Waals surface area contributed by atoms with E-state index in [2.05, 4.69) is 15.7 Å². The molecule has 1 aromatic heterocycles. The first kappa shape index (κ1) is 14.1. The number of hydrogen-bond donors (Lipinski definition) is 2. The molecule has 100 valence electrons. The molecule has 4 nitrogen and oxygen atoms in total. The average molecular weight is 315 g/mol. The Morgan fingerprint density at radius 2 is 2.21 bits per heavy atom. The third-order valence-corrected chi connectivity index (χ3v) is 3.18. The minimum atomic E-state index is 0.494. The monoisotopic (exact) mass is 314 g/mol. The molecule has 0 fully saturated rings. The average Bonchev–Trinajstić information content (AvgIpc) is 2.76. The van der Waals surface area contributed by atoms with Crippen LogP contribution in [0.15, 0.2) is 30.6 Å². The molecular formula is C12H12Cl2N4S. The third-order valence-electron chi connectivity index (χ3n) is 2.39. The van der Waals surface area contributed by atoms with Crippen molar-refractivity contribution in [3.63, 3.8) is 0 Å². The summed E-state index contributed by atoms with van der Waals surface area (Å²) < 4.78 is 1.74. The van der Waals surface area contributed by atoms with E-state index in [1.165, 1.54) is 0 Å². The smallest absolute Gasteiger partial charge is 0.171 e. The van der Waals surface area contributed by atoms with E-state index < -0.39 is 0 Å². The summed E-state index contributed by atoms with van der Waals surface area (Å²) >= 11 is 17.1. The van der Waals surface area contributed by atoms with E-state index >= 15 is 0 Å². The van der Waals surface area contributed by atoms with Gasteiger partial charge >= 0.3 is 0 Å². The lowest BCUT2D eigenvalue weighted by Crippen LogP contribution is -2.27. The second-order valence-electron chi connectivity index (χ2n) is 3.95. The van der Waals surface area contributed by atoms with Gasteiger partial charge in [-0.05, 0) is 30.4 Å². The summed E-state index contributed by atoms with van der Waals surface area (Å²) in [5.41, 5.74) is 1.77. The lowest BCUT2D eigenvalue weighted by Gasteiger charge is -2.11. The largest absolute Gasteiger partial charge is 0.358 e. The number of thiocarbonyl (C=S) groups is 1. The Labute approximate surface area is 126 Å². The van der Waals surface area contributed by atoms with Gasteiger partial charge in [0.1, 0.15) is 0 Å². The summed E-state index contributed by atoms with van der Waals surface area (Å²) in [5.74, 6) is 0. The molecule has 1 aromatic carbocycles. The predicted octanol–water partition coefficient (Wildman–Crippen LogP) is 3.21.